The van der Waals surface area contributed by atoms with Crippen molar-refractivity contribution in [3.8, 4) is 0 Å². The van der Waals surface area contributed by atoms with Gasteiger partial charge in [-0.05, 0) is 0 Å². The van der Waals surface area contributed by atoms with Crippen LogP contribution >= 0.6 is 0 Å². The Hall–Kier alpha value is -1.69. The summed E-state index contributed by atoms with van der Waals surface area (Å²) in [5.74, 6) is 1.74. The van der Waals surface area contributed by atoms with E-state index in [-0.39, 0.29) is 0 Å². The number of hydrogen-bond donors (Lipinski definition) is 1. The molecule has 0 unspecified atom stereocenters. The highest BCUT2D eigenvalue weighted by Gasteiger charge is 2.04. The van der Waals surface area contributed by atoms with Gasteiger partial charge in [0.05, 0.1) is 13.1 Å². The molecule has 14 heavy (non-hydrogen) atoms. The normalized spacial score (nSPS) is 10.7. The highest BCUT2D eigenvalue weighted by molar-refractivity contribution is 4.96. The Balaban J connectivity index is 2.22. The maximum absolute atomic E-state index is 5.54. The first-order valence-corrected chi connectivity index (χ1v) is 4.34. The third kappa shape index (κ3) is 1.51. The van der Waals surface area contributed by atoms with E-state index in [9.17, 15) is 0 Å². The lowest BCUT2D eigenvalue weighted by Gasteiger charge is -2.04. The van der Waals surface area contributed by atoms with Crippen LogP contribution < -0.4 is 5.73 Å². The average molecular weight is 192 g/mol. The zero-order valence-electron chi connectivity index (χ0n) is 7.96. The minimum atomic E-state index is 0.435. The fourth-order valence-corrected chi connectivity index (χ4v) is 1.29. The Morgan fingerprint density at radius 1 is 1.36 bits per heavy atom. The molecule has 2 N–H and O–H groups in total. The number of rotatable bonds is 3. The van der Waals surface area contributed by atoms with Gasteiger partial charge in [-0.25, -0.2) is 9.97 Å². The number of hydrogen-bond acceptors (Lipinski definition) is 4. The first-order valence-electron chi connectivity index (χ1n) is 4.34. The molecule has 2 rings (SSSR count). The number of nitrogens with zero attached hydrogens (tertiary/aromatic N) is 5. The number of aryl methyl sites for hydroxylation is 1. The minimum absolute atomic E-state index is 0.435. The Labute approximate surface area is 81.4 Å². The van der Waals surface area contributed by atoms with Crippen molar-refractivity contribution < 1.29 is 0 Å². The fraction of sp³-hybridized carbons (Fsp3) is 0.375. The maximum atomic E-state index is 5.54. The highest BCUT2D eigenvalue weighted by atomic mass is 15.3. The van der Waals surface area contributed by atoms with Crippen LogP contribution in [0.2, 0.25) is 0 Å². The molecule has 0 aromatic carbocycles. The van der Waals surface area contributed by atoms with Crippen LogP contribution in [-0.4, -0.2) is 24.3 Å². The summed E-state index contributed by atoms with van der Waals surface area (Å²) in [7, 11) is 1.86. The van der Waals surface area contributed by atoms with Crippen molar-refractivity contribution >= 4 is 0 Å². The van der Waals surface area contributed by atoms with E-state index in [0.29, 0.717) is 13.1 Å². The lowest BCUT2D eigenvalue weighted by atomic mass is 10.5. The summed E-state index contributed by atoms with van der Waals surface area (Å²) in [6, 6.07) is 0. The van der Waals surface area contributed by atoms with E-state index in [2.05, 4.69) is 15.1 Å². The molecular weight excluding hydrogens is 180 g/mol. The molecule has 0 bridgehead atoms. The van der Waals surface area contributed by atoms with Gasteiger partial charge in [-0.3, -0.25) is 4.68 Å². The second-order valence-electron chi connectivity index (χ2n) is 2.98. The van der Waals surface area contributed by atoms with Crippen molar-refractivity contribution in [2.45, 2.75) is 13.1 Å². The smallest absolute Gasteiger partial charge is 0.146 e. The van der Waals surface area contributed by atoms with E-state index in [0.717, 1.165) is 11.6 Å². The first-order chi connectivity index (χ1) is 6.81. The Morgan fingerprint density at radius 3 is 2.86 bits per heavy atom. The van der Waals surface area contributed by atoms with Crippen LogP contribution in [0.4, 0.5) is 0 Å². The van der Waals surface area contributed by atoms with Crippen molar-refractivity contribution in [3.63, 3.8) is 0 Å². The summed E-state index contributed by atoms with van der Waals surface area (Å²) in [5, 5.41) is 3.99. The van der Waals surface area contributed by atoms with Crippen molar-refractivity contribution in [1.82, 2.24) is 24.3 Å². The predicted molar refractivity (Wildman–Crippen MR) is 50.2 cm³/mol. The van der Waals surface area contributed by atoms with Crippen molar-refractivity contribution in [2.24, 2.45) is 12.8 Å². The molecule has 0 radical (unpaired) electrons. The molecule has 0 aliphatic heterocycles. The third-order valence-electron chi connectivity index (χ3n) is 2.10. The first kappa shape index (κ1) is 8.89. The van der Waals surface area contributed by atoms with E-state index in [4.69, 9.17) is 5.73 Å². The van der Waals surface area contributed by atoms with Crippen LogP contribution in [0.1, 0.15) is 11.6 Å². The molecule has 74 valence electrons. The van der Waals surface area contributed by atoms with E-state index in [1.165, 1.54) is 6.33 Å². The molecule has 6 nitrogen and oxygen atoms in total. The number of aromatic nitrogens is 5. The van der Waals surface area contributed by atoms with Crippen molar-refractivity contribution in [2.75, 3.05) is 0 Å². The van der Waals surface area contributed by atoms with Gasteiger partial charge in [0, 0.05) is 19.4 Å². The van der Waals surface area contributed by atoms with Gasteiger partial charge >= 0.3 is 0 Å². The molecular formula is C8H12N6. The molecule has 0 aliphatic rings. The van der Waals surface area contributed by atoms with E-state index in [1.807, 2.05) is 17.8 Å². The van der Waals surface area contributed by atoms with Crippen LogP contribution in [0.25, 0.3) is 0 Å². The zero-order chi connectivity index (χ0) is 9.97. The topological polar surface area (TPSA) is 74.5 Å². The van der Waals surface area contributed by atoms with Crippen LogP contribution in [-0.2, 0) is 20.1 Å². The summed E-state index contributed by atoms with van der Waals surface area (Å²) in [6.45, 7) is 1.09. The van der Waals surface area contributed by atoms with Crippen molar-refractivity contribution in [1.29, 1.82) is 0 Å². The average Bonchev–Trinajstić information content (AvgIpc) is 2.77. The molecule has 0 fully saturated rings. The highest BCUT2D eigenvalue weighted by Crippen LogP contribution is 2.01. The predicted octanol–water partition coefficient (Wildman–Crippen LogP) is -0.481. The molecule has 2 aromatic heterocycles. The maximum Gasteiger partial charge on any atom is 0.146 e. The molecule has 0 aliphatic carbocycles. The summed E-state index contributed by atoms with van der Waals surface area (Å²) in [5.41, 5.74) is 5.54. The van der Waals surface area contributed by atoms with Crippen LogP contribution in [0, 0.1) is 0 Å². The van der Waals surface area contributed by atoms with Crippen LogP contribution in [0.15, 0.2) is 18.7 Å². The number of nitrogens with two attached hydrogens (primary N) is 1. The Bertz CT molecular complexity index is 415. The summed E-state index contributed by atoms with van der Waals surface area (Å²) < 4.78 is 3.70. The van der Waals surface area contributed by atoms with Gasteiger partial charge in [-0.2, -0.15) is 5.10 Å². The largest absolute Gasteiger partial charge is 0.326 e. The summed E-state index contributed by atoms with van der Waals surface area (Å²) >= 11 is 0. The number of imidazole rings is 1. The second-order valence-corrected chi connectivity index (χ2v) is 2.98. The summed E-state index contributed by atoms with van der Waals surface area (Å²) in [6.07, 6.45) is 5.16. The monoisotopic (exact) mass is 192 g/mol. The van der Waals surface area contributed by atoms with Gasteiger partial charge in [-0.1, -0.05) is 0 Å². The molecule has 2 aromatic rings. The Kier molecular flexibility index (Phi) is 2.28. The standard InChI is InChI=1S/C8H12N6/c1-13-8(11-6-12-13)5-14-3-2-10-7(14)4-9/h2-3,6H,4-5,9H2,1H3. The van der Waals surface area contributed by atoms with E-state index in [1.54, 1.807) is 10.9 Å². The SMILES string of the molecule is Cn1ncnc1Cn1ccnc1CN. The van der Waals surface area contributed by atoms with Gasteiger partial charge in [0.1, 0.15) is 18.0 Å². The lowest BCUT2D eigenvalue weighted by Crippen LogP contribution is -2.11. The van der Waals surface area contributed by atoms with Gasteiger partial charge in [0.2, 0.25) is 0 Å². The quantitative estimate of drug-likeness (QED) is 0.712. The zero-order valence-corrected chi connectivity index (χ0v) is 7.96. The lowest BCUT2D eigenvalue weighted by molar-refractivity contribution is 0.632. The van der Waals surface area contributed by atoms with Gasteiger partial charge in [-0.15, -0.1) is 0 Å². The van der Waals surface area contributed by atoms with Gasteiger partial charge in [0.15, 0.2) is 0 Å². The molecule has 2 heterocycles. The molecule has 6 heteroatoms. The molecule has 0 spiro atoms. The fourth-order valence-electron chi connectivity index (χ4n) is 1.29. The van der Waals surface area contributed by atoms with Gasteiger partial charge in [0.25, 0.3) is 0 Å². The molecule has 0 amide bonds. The van der Waals surface area contributed by atoms with Crippen LogP contribution in [0.3, 0.4) is 0 Å². The van der Waals surface area contributed by atoms with Crippen LogP contribution in [0.5, 0.6) is 0 Å². The van der Waals surface area contributed by atoms with E-state index < -0.39 is 0 Å². The van der Waals surface area contributed by atoms with E-state index >= 15 is 0 Å². The van der Waals surface area contributed by atoms with Crippen molar-refractivity contribution in [3.05, 3.63) is 30.4 Å². The Morgan fingerprint density at radius 2 is 2.21 bits per heavy atom. The second kappa shape index (κ2) is 3.59. The molecule has 0 atom stereocenters. The molecule has 0 saturated carbocycles. The molecule has 0 saturated heterocycles. The minimum Gasteiger partial charge on any atom is -0.326 e. The third-order valence-corrected chi connectivity index (χ3v) is 2.10. The summed E-state index contributed by atoms with van der Waals surface area (Å²) in [4.78, 5) is 8.25. The van der Waals surface area contributed by atoms with Gasteiger partial charge < -0.3 is 10.3 Å².